The molecule has 0 saturated carbocycles. The summed E-state index contributed by atoms with van der Waals surface area (Å²) in [6, 6.07) is 22.4. The van der Waals surface area contributed by atoms with Crippen LogP contribution in [0.15, 0.2) is 72.8 Å². The van der Waals surface area contributed by atoms with Crippen LogP contribution in [0.3, 0.4) is 0 Å². The van der Waals surface area contributed by atoms with E-state index in [-0.39, 0.29) is 30.9 Å². The number of nitrogens with two attached hydrogens (primary N) is 1. The topological polar surface area (TPSA) is 203 Å². The molecular weight excluding hydrogens is 774 g/mol. The molecule has 0 fully saturated rings. The number of nitrogens with zero attached hydrogens (tertiary/aromatic N) is 3. The van der Waals surface area contributed by atoms with Gasteiger partial charge in [-0.25, -0.2) is 4.68 Å². The standard InChI is InChI=1S/C44H56ClN7O7/c1-29(2)24-39(50-44(56)41(53)38(47)27-32-8-6-5-7-9-32)43(55)49-17-19-58-21-23-59-22-20-57-18-16-48-42(54)35-13-10-33(11-14-35)25-36-30(3)51-52(31(36)4)40-15-12-34(28-46)26-37(40)45/h5-15,26,29,38-39,41,53H,16-25,27,47H2,1-4H3,(H,48,54)(H,49,55)(H,50,56). The molecule has 0 aliphatic carbocycles. The fourth-order valence-electron chi connectivity index (χ4n) is 6.29. The van der Waals surface area contributed by atoms with Crippen molar-refractivity contribution in [2.24, 2.45) is 11.7 Å². The summed E-state index contributed by atoms with van der Waals surface area (Å²) in [4.78, 5) is 38.3. The second-order valence-electron chi connectivity index (χ2n) is 14.6. The minimum absolute atomic E-state index is 0.121. The fourth-order valence-corrected chi connectivity index (χ4v) is 6.55. The summed E-state index contributed by atoms with van der Waals surface area (Å²) >= 11 is 6.44. The largest absolute Gasteiger partial charge is 0.382 e. The van der Waals surface area contributed by atoms with Gasteiger partial charge in [0, 0.05) is 42.4 Å². The predicted molar refractivity (Wildman–Crippen MR) is 225 cm³/mol. The van der Waals surface area contributed by atoms with Gasteiger partial charge < -0.3 is 41.0 Å². The Morgan fingerprint density at radius 1 is 0.864 bits per heavy atom. The zero-order valence-corrected chi connectivity index (χ0v) is 35.0. The Morgan fingerprint density at radius 3 is 2.10 bits per heavy atom. The fraction of sp³-hybridized carbons (Fsp3) is 0.432. The van der Waals surface area contributed by atoms with Crippen LogP contribution in [-0.4, -0.2) is 104 Å². The Labute approximate surface area is 351 Å². The Morgan fingerprint density at radius 2 is 1.49 bits per heavy atom. The maximum atomic E-state index is 12.9. The first-order chi connectivity index (χ1) is 28.4. The van der Waals surface area contributed by atoms with Crippen LogP contribution in [0.4, 0.5) is 0 Å². The van der Waals surface area contributed by atoms with Crippen molar-refractivity contribution in [1.29, 1.82) is 5.26 Å². The lowest BCUT2D eigenvalue weighted by molar-refractivity contribution is -0.135. The first kappa shape index (κ1) is 46.5. The number of nitriles is 1. The first-order valence-corrected chi connectivity index (χ1v) is 20.2. The molecule has 1 heterocycles. The highest BCUT2D eigenvalue weighted by molar-refractivity contribution is 6.32. The molecule has 0 aliphatic rings. The van der Waals surface area contributed by atoms with E-state index in [1.807, 2.05) is 70.2 Å². The molecule has 3 aromatic carbocycles. The van der Waals surface area contributed by atoms with Crippen molar-refractivity contribution in [3.8, 4) is 11.8 Å². The van der Waals surface area contributed by atoms with E-state index in [4.69, 9.17) is 36.8 Å². The highest BCUT2D eigenvalue weighted by Gasteiger charge is 2.28. The van der Waals surface area contributed by atoms with E-state index in [0.29, 0.717) is 80.7 Å². The van der Waals surface area contributed by atoms with E-state index < -0.39 is 24.1 Å². The van der Waals surface area contributed by atoms with Gasteiger partial charge in [0.2, 0.25) is 5.91 Å². The maximum absolute atomic E-state index is 12.9. The summed E-state index contributed by atoms with van der Waals surface area (Å²) in [5.74, 6) is -1.12. The number of aromatic nitrogens is 2. The molecule has 316 valence electrons. The molecule has 1 aromatic heterocycles. The zero-order valence-electron chi connectivity index (χ0n) is 34.2. The van der Waals surface area contributed by atoms with Gasteiger partial charge in [-0.3, -0.25) is 14.4 Å². The smallest absolute Gasteiger partial charge is 0.251 e. The molecule has 59 heavy (non-hydrogen) atoms. The summed E-state index contributed by atoms with van der Waals surface area (Å²) in [6.45, 7) is 10.3. The molecular formula is C44H56ClN7O7. The SMILES string of the molecule is Cc1nn(-c2ccc(C#N)cc2Cl)c(C)c1Cc1ccc(C(=O)NCCOCCOCCOCCNC(=O)C(CC(C)C)NC(=O)C(O)C(N)Cc2ccccc2)cc1. The lowest BCUT2D eigenvalue weighted by Gasteiger charge is -2.24. The van der Waals surface area contributed by atoms with Crippen molar-refractivity contribution >= 4 is 29.3 Å². The summed E-state index contributed by atoms with van der Waals surface area (Å²) in [5, 5.41) is 33.1. The van der Waals surface area contributed by atoms with Gasteiger partial charge in [-0.05, 0) is 74.1 Å². The van der Waals surface area contributed by atoms with Crippen LogP contribution in [0.1, 0.15) is 64.3 Å². The Bertz CT molecular complexity index is 2000. The number of aliphatic hydroxyl groups is 1. The average molecular weight is 830 g/mol. The van der Waals surface area contributed by atoms with Gasteiger partial charge in [-0.15, -0.1) is 0 Å². The number of rotatable bonds is 24. The average Bonchev–Trinajstić information content (AvgIpc) is 3.50. The molecule has 0 aliphatic heterocycles. The van der Waals surface area contributed by atoms with Gasteiger partial charge >= 0.3 is 0 Å². The number of hydrogen-bond donors (Lipinski definition) is 5. The third-order valence-electron chi connectivity index (χ3n) is 9.49. The number of aryl methyl sites for hydroxylation is 1. The lowest BCUT2D eigenvalue weighted by atomic mass is 10.00. The molecule has 15 heteroatoms. The van der Waals surface area contributed by atoms with Crippen molar-refractivity contribution in [2.75, 3.05) is 52.7 Å². The van der Waals surface area contributed by atoms with Crippen LogP contribution >= 0.6 is 11.6 Å². The summed E-state index contributed by atoms with van der Waals surface area (Å²) in [6.07, 6.45) is -0.113. The van der Waals surface area contributed by atoms with Crippen LogP contribution in [0, 0.1) is 31.1 Å². The van der Waals surface area contributed by atoms with Crippen molar-refractivity contribution in [3.05, 3.63) is 117 Å². The molecule has 0 spiro atoms. The quantitative estimate of drug-likeness (QED) is 0.0644. The second-order valence-corrected chi connectivity index (χ2v) is 15.0. The van der Waals surface area contributed by atoms with Crippen LogP contribution in [-0.2, 0) is 36.6 Å². The van der Waals surface area contributed by atoms with Crippen LogP contribution in [0.25, 0.3) is 5.69 Å². The summed E-state index contributed by atoms with van der Waals surface area (Å²) in [7, 11) is 0. The number of halogens is 1. The molecule has 0 bridgehead atoms. The third kappa shape index (κ3) is 14.9. The summed E-state index contributed by atoms with van der Waals surface area (Å²) in [5.41, 5.74) is 12.6. The van der Waals surface area contributed by atoms with E-state index in [1.165, 1.54) is 0 Å². The van der Waals surface area contributed by atoms with Gasteiger partial charge in [-0.2, -0.15) is 10.4 Å². The normalized spacial score (nSPS) is 12.7. The second kappa shape index (κ2) is 24.1. The van der Waals surface area contributed by atoms with E-state index in [0.717, 1.165) is 28.1 Å². The van der Waals surface area contributed by atoms with E-state index in [9.17, 15) is 19.5 Å². The van der Waals surface area contributed by atoms with Crippen molar-refractivity contribution < 1.29 is 33.7 Å². The van der Waals surface area contributed by atoms with Crippen LogP contribution in [0.5, 0.6) is 0 Å². The summed E-state index contributed by atoms with van der Waals surface area (Å²) < 4.78 is 18.5. The minimum Gasteiger partial charge on any atom is -0.382 e. The minimum atomic E-state index is -1.46. The molecule has 4 aromatic rings. The number of ether oxygens (including phenoxy) is 3. The van der Waals surface area contributed by atoms with Crippen LogP contribution in [0.2, 0.25) is 5.02 Å². The first-order valence-electron chi connectivity index (χ1n) is 19.8. The third-order valence-corrected chi connectivity index (χ3v) is 9.80. The van der Waals surface area contributed by atoms with Gasteiger partial charge in [0.1, 0.15) is 12.1 Å². The van der Waals surface area contributed by atoms with Crippen molar-refractivity contribution in [1.82, 2.24) is 25.7 Å². The van der Waals surface area contributed by atoms with Crippen LogP contribution < -0.4 is 21.7 Å². The Hall–Kier alpha value is -5.14. The molecule has 0 saturated heterocycles. The van der Waals surface area contributed by atoms with E-state index >= 15 is 0 Å². The van der Waals surface area contributed by atoms with E-state index in [2.05, 4.69) is 27.1 Å². The molecule has 0 radical (unpaired) electrons. The van der Waals surface area contributed by atoms with Gasteiger partial charge in [0.05, 0.1) is 67.7 Å². The highest BCUT2D eigenvalue weighted by Crippen LogP contribution is 2.26. The van der Waals surface area contributed by atoms with Crippen molar-refractivity contribution in [2.45, 2.75) is 65.1 Å². The number of hydrogen-bond acceptors (Lipinski definition) is 10. The van der Waals surface area contributed by atoms with E-state index in [1.54, 1.807) is 35.0 Å². The van der Waals surface area contributed by atoms with Crippen molar-refractivity contribution in [3.63, 3.8) is 0 Å². The number of benzene rings is 3. The molecule has 6 N–H and O–H groups in total. The molecule has 3 unspecified atom stereocenters. The number of carbonyl (C=O) groups is 3. The van der Waals surface area contributed by atoms with Gasteiger partial charge in [0.25, 0.3) is 11.8 Å². The number of carbonyl (C=O) groups excluding carboxylic acids is 3. The predicted octanol–water partition coefficient (Wildman–Crippen LogP) is 3.96. The number of amides is 3. The maximum Gasteiger partial charge on any atom is 0.251 e. The highest BCUT2D eigenvalue weighted by atomic mass is 35.5. The van der Waals surface area contributed by atoms with Gasteiger partial charge in [-0.1, -0.05) is 67.9 Å². The van der Waals surface area contributed by atoms with Gasteiger partial charge in [0.15, 0.2) is 0 Å². The molecule has 3 amide bonds. The zero-order chi connectivity index (χ0) is 42.7. The lowest BCUT2D eigenvalue weighted by Crippen LogP contribution is -2.54. The number of aliphatic hydroxyl groups excluding tert-OH is 1. The molecule has 14 nitrogen and oxygen atoms in total. The monoisotopic (exact) mass is 829 g/mol. The Kier molecular flexibility index (Phi) is 19.0. The Balaban J connectivity index is 1.04. The molecule has 4 rings (SSSR count). The molecule has 3 atom stereocenters. The number of nitrogens with one attached hydrogen (secondary N) is 3.